The van der Waals surface area contributed by atoms with Crippen molar-refractivity contribution in [2.24, 2.45) is 0 Å². The number of nitrogens with one attached hydrogen (secondary N) is 1. The summed E-state index contributed by atoms with van der Waals surface area (Å²) >= 11 is 0. The van der Waals surface area contributed by atoms with E-state index in [4.69, 9.17) is 4.74 Å². The molecule has 0 atom stereocenters. The normalized spacial score (nSPS) is 15.5. The molecular formula is C17H22N4O2. The molecule has 0 amide bonds. The van der Waals surface area contributed by atoms with E-state index in [-0.39, 0.29) is 5.75 Å². The van der Waals surface area contributed by atoms with Gasteiger partial charge >= 0.3 is 0 Å². The number of nitrogens with zero attached hydrogens (tertiary/aromatic N) is 3. The van der Waals surface area contributed by atoms with E-state index in [1.807, 2.05) is 25.1 Å². The average Bonchev–Trinajstić information content (AvgIpc) is 2.58. The van der Waals surface area contributed by atoms with E-state index >= 15 is 0 Å². The third-order valence-electron chi connectivity index (χ3n) is 3.99. The quantitative estimate of drug-likeness (QED) is 0.878. The number of para-hydroxylation sites is 1. The minimum Gasteiger partial charge on any atom is -0.507 e. The van der Waals surface area contributed by atoms with Crippen LogP contribution >= 0.6 is 0 Å². The van der Waals surface area contributed by atoms with Gasteiger partial charge in [0.25, 0.3) is 0 Å². The van der Waals surface area contributed by atoms with Crippen LogP contribution in [0.25, 0.3) is 11.3 Å². The Morgan fingerprint density at radius 1 is 1.22 bits per heavy atom. The van der Waals surface area contributed by atoms with Crippen LogP contribution in [-0.4, -0.2) is 59.6 Å². The molecule has 3 rings (SSSR count). The summed E-state index contributed by atoms with van der Waals surface area (Å²) in [5, 5.41) is 21.7. The molecule has 0 radical (unpaired) electrons. The second kappa shape index (κ2) is 7.39. The number of phenols is 1. The highest BCUT2D eigenvalue weighted by atomic mass is 16.5. The second-order valence-electron chi connectivity index (χ2n) is 5.66. The number of aryl methyl sites for hydroxylation is 1. The fourth-order valence-electron chi connectivity index (χ4n) is 2.64. The molecule has 2 aromatic rings. The maximum absolute atomic E-state index is 9.91. The second-order valence-corrected chi connectivity index (χ2v) is 5.66. The molecule has 0 unspecified atom stereocenters. The molecule has 1 aromatic carbocycles. The predicted octanol–water partition coefficient (Wildman–Crippen LogP) is 1.90. The van der Waals surface area contributed by atoms with Gasteiger partial charge in [-0.3, -0.25) is 4.90 Å². The van der Waals surface area contributed by atoms with E-state index in [1.165, 1.54) is 0 Å². The number of benzene rings is 1. The van der Waals surface area contributed by atoms with Crippen LogP contribution in [0.5, 0.6) is 5.75 Å². The zero-order valence-corrected chi connectivity index (χ0v) is 13.3. The minimum atomic E-state index is 0.217. The van der Waals surface area contributed by atoms with Gasteiger partial charge in [0.15, 0.2) is 5.82 Å². The van der Waals surface area contributed by atoms with Gasteiger partial charge in [0.1, 0.15) is 5.75 Å². The first-order valence-corrected chi connectivity index (χ1v) is 7.91. The Morgan fingerprint density at radius 3 is 2.74 bits per heavy atom. The van der Waals surface area contributed by atoms with E-state index in [2.05, 4.69) is 20.4 Å². The van der Waals surface area contributed by atoms with Crippen LogP contribution in [0.3, 0.4) is 0 Å². The van der Waals surface area contributed by atoms with Crippen LogP contribution in [0.2, 0.25) is 0 Å². The topological polar surface area (TPSA) is 70.5 Å². The summed E-state index contributed by atoms with van der Waals surface area (Å²) in [6.07, 6.45) is 0. The molecule has 23 heavy (non-hydrogen) atoms. The Bertz CT molecular complexity index is 657. The summed E-state index contributed by atoms with van der Waals surface area (Å²) in [7, 11) is 0. The highest BCUT2D eigenvalue weighted by molar-refractivity contribution is 5.67. The van der Waals surface area contributed by atoms with E-state index < -0.39 is 0 Å². The maximum atomic E-state index is 9.91. The third-order valence-corrected chi connectivity index (χ3v) is 3.99. The highest BCUT2D eigenvalue weighted by Gasteiger charge is 2.11. The largest absolute Gasteiger partial charge is 0.507 e. The molecule has 1 aliphatic rings. The van der Waals surface area contributed by atoms with Crippen LogP contribution in [0.4, 0.5) is 5.82 Å². The Balaban J connectivity index is 1.62. The van der Waals surface area contributed by atoms with Crippen molar-refractivity contribution in [1.82, 2.24) is 15.1 Å². The van der Waals surface area contributed by atoms with Gasteiger partial charge in [0, 0.05) is 31.7 Å². The zero-order valence-electron chi connectivity index (χ0n) is 13.3. The van der Waals surface area contributed by atoms with Crippen molar-refractivity contribution in [2.75, 3.05) is 44.7 Å². The number of aromatic nitrogens is 2. The van der Waals surface area contributed by atoms with Crippen LogP contribution in [0, 0.1) is 6.92 Å². The average molecular weight is 314 g/mol. The fraction of sp³-hybridized carbons (Fsp3) is 0.412. The van der Waals surface area contributed by atoms with Gasteiger partial charge in [-0.05, 0) is 30.7 Å². The first-order chi connectivity index (χ1) is 11.2. The Kier molecular flexibility index (Phi) is 5.05. The van der Waals surface area contributed by atoms with Crippen LogP contribution in [0.15, 0.2) is 30.3 Å². The number of hydrogen-bond donors (Lipinski definition) is 2. The number of phenolic OH excluding ortho intramolecular Hbond substituents is 1. The lowest BCUT2D eigenvalue weighted by Gasteiger charge is -2.26. The van der Waals surface area contributed by atoms with Gasteiger partial charge in [-0.2, -0.15) is 0 Å². The van der Waals surface area contributed by atoms with Crippen molar-refractivity contribution in [3.8, 4) is 17.0 Å². The van der Waals surface area contributed by atoms with Gasteiger partial charge < -0.3 is 15.2 Å². The lowest BCUT2D eigenvalue weighted by molar-refractivity contribution is 0.0398. The molecule has 2 N–H and O–H groups in total. The monoisotopic (exact) mass is 314 g/mol. The van der Waals surface area contributed by atoms with Crippen molar-refractivity contribution in [1.29, 1.82) is 0 Å². The zero-order chi connectivity index (χ0) is 16.1. The molecule has 6 heteroatoms. The molecule has 122 valence electrons. The summed E-state index contributed by atoms with van der Waals surface area (Å²) in [4.78, 5) is 2.37. The number of ether oxygens (including phenoxy) is 1. The SMILES string of the molecule is Cc1cc(-c2ccccc2O)nnc1NCCN1CCOCC1. The number of rotatable bonds is 5. The molecule has 0 bridgehead atoms. The van der Waals surface area contributed by atoms with Crippen LogP contribution < -0.4 is 5.32 Å². The van der Waals surface area contributed by atoms with Crippen molar-refractivity contribution < 1.29 is 9.84 Å². The summed E-state index contributed by atoms with van der Waals surface area (Å²) in [6.45, 7) is 7.38. The summed E-state index contributed by atoms with van der Waals surface area (Å²) in [5.41, 5.74) is 2.39. The van der Waals surface area contributed by atoms with E-state index in [1.54, 1.807) is 12.1 Å². The number of aromatic hydroxyl groups is 1. The molecule has 1 aliphatic heterocycles. The summed E-state index contributed by atoms with van der Waals surface area (Å²) < 4.78 is 5.34. The first kappa shape index (κ1) is 15.7. The maximum Gasteiger partial charge on any atom is 0.151 e. The van der Waals surface area contributed by atoms with Gasteiger partial charge in [0.2, 0.25) is 0 Å². The Hall–Kier alpha value is -2.18. The number of hydrogen-bond acceptors (Lipinski definition) is 6. The molecule has 1 fully saturated rings. The smallest absolute Gasteiger partial charge is 0.151 e. The fourth-order valence-corrected chi connectivity index (χ4v) is 2.64. The summed E-state index contributed by atoms with van der Waals surface area (Å²) in [6, 6.07) is 9.10. The van der Waals surface area contributed by atoms with E-state index in [9.17, 15) is 5.11 Å². The van der Waals surface area contributed by atoms with Crippen LogP contribution in [0.1, 0.15) is 5.56 Å². The predicted molar refractivity (Wildman–Crippen MR) is 89.6 cm³/mol. The van der Waals surface area contributed by atoms with Gasteiger partial charge in [0.05, 0.1) is 18.9 Å². The molecule has 1 saturated heterocycles. The molecule has 0 saturated carbocycles. The van der Waals surface area contributed by atoms with Gasteiger partial charge in [-0.25, -0.2) is 0 Å². The number of morpholine rings is 1. The first-order valence-electron chi connectivity index (χ1n) is 7.91. The molecular weight excluding hydrogens is 292 g/mol. The highest BCUT2D eigenvalue weighted by Crippen LogP contribution is 2.28. The number of anilines is 1. The molecule has 0 spiro atoms. The lowest BCUT2D eigenvalue weighted by Crippen LogP contribution is -2.39. The van der Waals surface area contributed by atoms with Crippen molar-refractivity contribution in [3.63, 3.8) is 0 Å². The van der Waals surface area contributed by atoms with Crippen molar-refractivity contribution in [2.45, 2.75) is 6.92 Å². The minimum absolute atomic E-state index is 0.217. The van der Waals surface area contributed by atoms with Crippen molar-refractivity contribution >= 4 is 5.82 Å². The van der Waals surface area contributed by atoms with Crippen LogP contribution in [-0.2, 0) is 4.74 Å². The molecule has 2 heterocycles. The van der Waals surface area contributed by atoms with Gasteiger partial charge in [-0.1, -0.05) is 12.1 Å². The Labute approximate surface area is 136 Å². The van der Waals surface area contributed by atoms with E-state index in [0.717, 1.165) is 50.8 Å². The summed E-state index contributed by atoms with van der Waals surface area (Å²) in [5.74, 6) is 1.01. The lowest BCUT2D eigenvalue weighted by atomic mass is 10.1. The van der Waals surface area contributed by atoms with Gasteiger partial charge in [-0.15, -0.1) is 10.2 Å². The van der Waals surface area contributed by atoms with Crippen molar-refractivity contribution in [3.05, 3.63) is 35.9 Å². The third kappa shape index (κ3) is 3.97. The molecule has 1 aromatic heterocycles. The molecule has 0 aliphatic carbocycles. The standard InChI is InChI=1S/C17H22N4O2/c1-13-12-15(14-4-2-3-5-16(14)22)19-20-17(13)18-6-7-21-8-10-23-11-9-21/h2-5,12,22H,6-11H2,1H3,(H,18,20). The van der Waals surface area contributed by atoms with E-state index in [0.29, 0.717) is 11.3 Å². The molecule has 6 nitrogen and oxygen atoms in total. The Morgan fingerprint density at radius 2 is 2.00 bits per heavy atom.